The zero-order chi connectivity index (χ0) is 9.84. The van der Waals surface area contributed by atoms with Crippen LogP contribution in [0, 0.1) is 0 Å². The maximum Gasteiger partial charge on any atom is 0.250 e. The van der Waals surface area contributed by atoms with Gasteiger partial charge in [0.25, 0.3) is 5.56 Å². The number of aryl methyl sites for hydroxylation is 1. The molecule has 0 aromatic carbocycles. The molecule has 3 heteroatoms. The molecule has 13 heavy (non-hydrogen) atoms. The van der Waals surface area contributed by atoms with Gasteiger partial charge in [-0.3, -0.25) is 4.79 Å². The molecular formula is C10H16N2O. The van der Waals surface area contributed by atoms with Gasteiger partial charge >= 0.3 is 0 Å². The highest BCUT2D eigenvalue weighted by atomic mass is 16.1. The van der Waals surface area contributed by atoms with Crippen molar-refractivity contribution in [2.24, 2.45) is 0 Å². The van der Waals surface area contributed by atoms with Crippen LogP contribution in [0.5, 0.6) is 0 Å². The minimum absolute atomic E-state index is 0.0644. The first-order valence-electron chi connectivity index (χ1n) is 4.56. The van der Waals surface area contributed by atoms with Gasteiger partial charge in [0.1, 0.15) is 0 Å². The van der Waals surface area contributed by atoms with E-state index in [9.17, 15) is 4.79 Å². The quantitative estimate of drug-likeness (QED) is 0.757. The second-order valence-corrected chi connectivity index (χ2v) is 3.10. The highest BCUT2D eigenvalue weighted by molar-refractivity contribution is 5.13. The molecule has 0 aliphatic carbocycles. The first-order chi connectivity index (χ1) is 6.19. The van der Waals surface area contributed by atoms with E-state index < -0.39 is 0 Å². The summed E-state index contributed by atoms with van der Waals surface area (Å²) in [7, 11) is 1.91. The van der Waals surface area contributed by atoms with Gasteiger partial charge in [0.15, 0.2) is 0 Å². The summed E-state index contributed by atoms with van der Waals surface area (Å²) in [5.41, 5.74) is 1.21. The van der Waals surface area contributed by atoms with Crippen molar-refractivity contribution in [3.05, 3.63) is 34.2 Å². The average molecular weight is 180 g/mol. The molecule has 0 saturated heterocycles. The summed E-state index contributed by atoms with van der Waals surface area (Å²) in [6.07, 6.45) is 1.91. The zero-order valence-corrected chi connectivity index (χ0v) is 8.37. The van der Waals surface area contributed by atoms with Gasteiger partial charge in [-0.05, 0) is 26.5 Å². The summed E-state index contributed by atoms with van der Waals surface area (Å²) in [6, 6.07) is 3.78. The van der Waals surface area contributed by atoms with Crippen LogP contribution in [-0.2, 0) is 6.54 Å². The maximum atomic E-state index is 11.3. The molecule has 0 fully saturated rings. The fraction of sp³-hybridized carbons (Fsp3) is 0.500. The van der Waals surface area contributed by atoms with Crippen LogP contribution in [0.1, 0.15) is 25.5 Å². The second kappa shape index (κ2) is 4.23. The normalized spacial score (nSPS) is 12.8. The van der Waals surface area contributed by atoms with E-state index in [2.05, 4.69) is 12.2 Å². The smallest absolute Gasteiger partial charge is 0.250 e. The maximum absolute atomic E-state index is 11.3. The van der Waals surface area contributed by atoms with Gasteiger partial charge in [-0.1, -0.05) is 6.07 Å². The summed E-state index contributed by atoms with van der Waals surface area (Å²) in [5, 5.41) is 3.14. The third-order valence-electron chi connectivity index (χ3n) is 2.28. The predicted molar refractivity (Wildman–Crippen MR) is 53.9 cm³/mol. The molecule has 0 aliphatic heterocycles. The number of nitrogens with zero attached hydrogens (tertiary/aromatic N) is 1. The fourth-order valence-electron chi connectivity index (χ4n) is 1.22. The molecule has 3 nitrogen and oxygen atoms in total. The lowest BCUT2D eigenvalue weighted by Gasteiger charge is -2.11. The van der Waals surface area contributed by atoms with E-state index >= 15 is 0 Å². The van der Waals surface area contributed by atoms with E-state index in [0.717, 1.165) is 12.1 Å². The predicted octanol–water partition coefficient (Wildman–Crippen LogP) is 1.15. The van der Waals surface area contributed by atoms with Gasteiger partial charge in [-0.15, -0.1) is 0 Å². The van der Waals surface area contributed by atoms with E-state index in [0.29, 0.717) is 6.04 Å². The SMILES string of the molecule is CCn1cc(C(C)NC)ccc1=O. The Morgan fingerprint density at radius 2 is 2.23 bits per heavy atom. The topological polar surface area (TPSA) is 34.0 Å². The van der Waals surface area contributed by atoms with Crippen LogP contribution in [0.4, 0.5) is 0 Å². The average Bonchev–Trinajstić information content (AvgIpc) is 2.17. The van der Waals surface area contributed by atoms with Gasteiger partial charge in [0, 0.05) is 24.8 Å². The van der Waals surface area contributed by atoms with Crippen molar-refractivity contribution in [2.75, 3.05) is 7.05 Å². The number of aromatic nitrogens is 1. The summed E-state index contributed by atoms with van der Waals surface area (Å²) < 4.78 is 1.71. The molecule has 0 amide bonds. The van der Waals surface area contributed by atoms with Gasteiger partial charge in [0.2, 0.25) is 0 Å². The Labute approximate surface area is 78.4 Å². The second-order valence-electron chi connectivity index (χ2n) is 3.10. The molecule has 1 atom stereocenters. The van der Waals surface area contributed by atoms with Crippen molar-refractivity contribution >= 4 is 0 Å². The van der Waals surface area contributed by atoms with Gasteiger partial charge < -0.3 is 9.88 Å². The fourth-order valence-corrected chi connectivity index (χ4v) is 1.22. The van der Waals surface area contributed by atoms with Crippen molar-refractivity contribution < 1.29 is 0 Å². The van der Waals surface area contributed by atoms with Crippen molar-refractivity contribution in [1.82, 2.24) is 9.88 Å². The van der Waals surface area contributed by atoms with E-state index in [1.165, 1.54) is 0 Å². The Hall–Kier alpha value is -1.09. The summed E-state index contributed by atoms with van der Waals surface area (Å²) in [4.78, 5) is 11.3. The lowest BCUT2D eigenvalue weighted by Crippen LogP contribution is -2.21. The molecule has 1 rings (SSSR count). The largest absolute Gasteiger partial charge is 0.315 e. The lowest BCUT2D eigenvalue weighted by molar-refractivity contribution is 0.630. The van der Waals surface area contributed by atoms with Gasteiger partial charge in [0.05, 0.1) is 0 Å². The molecule has 72 valence electrons. The first-order valence-corrected chi connectivity index (χ1v) is 4.56. The molecule has 1 N–H and O–H groups in total. The van der Waals surface area contributed by atoms with E-state index in [4.69, 9.17) is 0 Å². The number of nitrogens with one attached hydrogen (secondary N) is 1. The third-order valence-corrected chi connectivity index (χ3v) is 2.28. The molecule has 0 bridgehead atoms. The van der Waals surface area contributed by atoms with Crippen molar-refractivity contribution in [1.29, 1.82) is 0 Å². The summed E-state index contributed by atoms with van der Waals surface area (Å²) in [6.45, 7) is 4.76. The van der Waals surface area contributed by atoms with Crippen molar-refractivity contribution in [3.63, 3.8) is 0 Å². The molecule has 0 aliphatic rings. The molecule has 1 aromatic heterocycles. The third kappa shape index (κ3) is 2.18. The highest BCUT2D eigenvalue weighted by Crippen LogP contribution is 2.08. The molecule has 1 aromatic rings. The van der Waals surface area contributed by atoms with E-state index in [-0.39, 0.29) is 5.56 Å². The Morgan fingerprint density at radius 3 is 2.77 bits per heavy atom. The monoisotopic (exact) mass is 180 g/mol. The molecule has 0 saturated carbocycles. The molecular weight excluding hydrogens is 164 g/mol. The number of pyridine rings is 1. The lowest BCUT2D eigenvalue weighted by atomic mass is 10.1. The van der Waals surface area contributed by atoms with Crippen LogP contribution >= 0.6 is 0 Å². The Morgan fingerprint density at radius 1 is 1.54 bits per heavy atom. The number of hydrogen-bond acceptors (Lipinski definition) is 2. The first kappa shape index (κ1) is 9.99. The minimum atomic E-state index is 0.0644. The van der Waals surface area contributed by atoms with E-state index in [1.807, 2.05) is 26.2 Å². The van der Waals surface area contributed by atoms with Crippen molar-refractivity contribution in [3.8, 4) is 0 Å². The van der Waals surface area contributed by atoms with Crippen molar-refractivity contribution in [2.45, 2.75) is 26.4 Å². The van der Waals surface area contributed by atoms with Crippen LogP contribution < -0.4 is 10.9 Å². The number of hydrogen-bond donors (Lipinski definition) is 1. The van der Waals surface area contributed by atoms with Gasteiger partial charge in [-0.25, -0.2) is 0 Å². The molecule has 0 radical (unpaired) electrons. The Balaban J connectivity index is 3.06. The van der Waals surface area contributed by atoms with Crippen LogP contribution in [0.15, 0.2) is 23.1 Å². The van der Waals surface area contributed by atoms with Crippen LogP contribution in [0.2, 0.25) is 0 Å². The highest BCUT2D eigenvalue weighted by Gasteiger charge is 2.03. The standard InChI is InChI=1S/C10H16N2O/c1-4-12-7-9(8(2)11-3)5-6-10(12)13/h5-8,11H,4H2,1-3H3. The minimum Gasteiger partial charge on any atom is -0.315 e. The summed E-state index contributed by atoms with van der Waals surface area (Å²) >= 11 is 0. The molecule has 0 spiro atoms. The van der Waals surface area contributed by atoms with Gasteiger partial charge in [-0.2, -0.15) is 0 Å². The van der Waals surface area contributed by atoms with Crippen LogP contribution in [0.25, 0.3) is 0 Å². The summed E-state index contributed by atoms with van der Waals surface area (Å²) in [5.74, 6) is 0. The number of rotatable bonds is 3. The zero-order valence-electron chi connectivity index (χ0n) is 8.37. The van der Waals surface area contributed by atoms with E-state index in [1.54, 1.807) is 10.6 Å². The van der Waals surface area contributed by atoms with Crippen LogP contribution in [-0.4, -0.2) is 11.6 Å². The molecule has 1 unspecified atom stereocenters. The molecule has 1 heterocycles. The Bertz CT molecular complexity index is 330. The Kier molecular flexibility index (Phi) is 3.25. The van der Waals surface area contributed by atoms with Crippen LogP contribution in [0.3, 0.4) is 0 Å².